The van der Waals surface area contributed by atoms with Gasteiger partial charge < -0.3 is 15.3 Å². The fourth-order valence-corrected chi connectivity index (χ4v) is 1.91. The van der Waals surface area contributed by atoms with E-state index in [1.165, 1.54) is 24.4 Å². The number of carboxylic acids is 1. The number of aromatic nitrogens is 1. The van der Waals surface area contributed by atoms with Crippen LogP contribution in [0.1, 0.15) is 26.7 Å². The molecule has 0 aliphatic heterocycles. The maximum absolute atomic E-state index is 11.8. The highest BCUT2D eigenvalue weighted by Gasteiger charge is 2.18. The zero-order valence-electron chi connectivity index (χ0n) is 9.97. The fraction of sp³-hybridized carbons (Fsp3) is 0.400. The second-order valence-corrected chi connectivity index (χ2v) is 4.35. The van der Waals surface area contributed by atoms with Gasteiger partial charge in [0.05, 0.1) is 0 Å². The van der Waals surface area contributed by atoms with Crippen LogP contribution in [0.5, 0.6) is 0 Å². The van der Waals surface area contributed by atoms with Gasteiger partial charge in [-0.2, -0.15) is 0 Å². The molecule has 98 valence electrons. The van der Waals surface area contributed by atoms with E-state index in [1.807, 2.05) is 0 Å². The van der Waals surface area contributed by atoms with Gasteiger partial charge in [-0.25, -0.2) is 9.78 Å². The number of rotatable bonds is 5. The molecule has 1 aromatic heterocycles. The summed E-state index contributed by atoms with van der Waals surface area (Å²) in [7, 11) is 3.05. The van der Waals surface area contributed by atoms with E-state index < -0.39 is 11.9 Å². The Morgan fingerprint density at radius 2 is 2.17 bits per heavy atom. The van der Waals surface area contributed by atoms with Crippen LogP contribution in [-0.2, 0) is 4.79 Å². The number of aromatic carboxylic acids is 1. The van der Waals surface area contributed by atoms with Gasteiger partial charge in [-0.05, 0) is 0 Å². The van der Waals surface area contributed by atoms with Crippen molar-refractivity contribution in [3.8, 4) is 0 Å². The summed E-state index contributed by atoms with van der Waals surface area (Å²) in [4.78, 5) is 38.5. The average molecular weight is 271 g/mol. The molecule has 18 heavy (non-hydrogen) atoms. The summed E-state index contributed by atoms with van der Waals surface area (Å²) in [5.41, 5.74) is -0.150. The molecule has 1 heterocycles. The van der Waals surface area contributed by atoms with Crippen molar-refractivity contribution in [2.45, 2.75) is 6.42 Å². The van der Waals surface area contributed by atoms with Crippen LogP contribution in [0.15, 0.2) is 5.38 Å². The molecule has 0 aliphatic rings. The molecule has 0 aromatic carbocycles. The smallest absolute Gasteiger partial charge is 0.355 e. The van der Waals surface area contributed by atoms with Gasteiger partial charge in [-0.3, -0.25) is 9.59 Å². The number of hydrogen-bond acceptors (Lipinski definition) is 5. The molecule has 2 N–H and O–H groups in total. The maximum atomic E-state index is 11.8. The standard InChI is InChI=1S/C10H13N3O4S/c1-11-7(14)3-4-13(2)9(15)8-12-6(5-18-8)10(16)17/h5H,3-4H2,1-2H3,(H,11,14)(H,16,17). The zero-order valence-corrected chi connectivity index (χ0v) is 10.8. The Balaban J connectivity index is 2.62. The number of amides is 2. The van der Waals surface area contributed by atoms with Gasteiger partial charge in [0.25, 0.3) is 5.91 Å². The molecule has 0 bridgehead atoms. The monoisotopic (exact) mass is 271 g/mol. The fourth-order valence-electron chi connectivity index (χ4n) is 1.13. The Morgan fingerprint density at radius 3 is 2.67 bits per heavy atom. The van der Waals surface area contributed by atoms with Gasteiger partial charge in [0, 0.05) is 32.4 Å². The molecule has 1 rings (SSSR count). The van der Waals surface area contributed by atoms with Crippen LogP contribution in [0.4, 0.5) is 0 Å². The first-order chi connectivity index (χ1) is 8.45. The lowest BCUT2D eigenvalue weighted by Crippen LogP contribution is -2.31. The largest absolute Gasteiger partial charge is 0.476 e. The zero-order chi connectivity index (χ0) is 13.7. The molecule has 8 heteroatoms. The number of nitrogens with one attached hydrogen (secondary N) is 1. The number of carboxylic acid groups (broad SMARTS) is 1. The summed E-state index contributed by atoms with van der Waals surface area (Å²) in [6, 6.07) is 0. The third kappa shape index (κ3) is 3.52. The average Bonchev–Trinajstić information content (AvgIpc) is 2.84. The van der Waals surface area contributed by atoms with E-state index in [1.54, 1.807) is 0 Å². The van der Waals surface area contributed by atoms with Gasteiger partial charge in [0.15, 0.2) is 10.7 Å². The Labute approximate surface area is 107 Å². The summed E-state index contributed by atoms with van der Waals surface area (Å²) in [5, 5.41) is 12.6. The Kier molecular flexibility index (Phi) is 4.78. The van der Waals surface area contributed by atoms with Gasteiger partial charge in [-0.1, -0.05) is 0 Å². The van der Waals surface area contributed by atoms with Gasteiger partial charge in [0.2, 0.25) is 5.91 Å². The first-order valence-electron chi connectivity index (χ1n) is 5.10. The number of thiazole rings is 1. The molecule has 7 nitrogen and oxygen atoms in total. The molecule has 0 spiro atoms. The Morgan fingerprint density at radius 1 is 1.50 bits per heavy atom. The lowest BCUT2D eigenvalue weighted by atomic mass is 10.3. The van der Waals surface area contributed by atoms with Crippen molar-refractivity contribution in [2.24, 2.45) is 0 Å². The third-order valence-corrected chi connectivity index (χ3v) is 3.04. The maximum Gasteiger partial charge on any atom is 0.355 e. The SMILES string of the molecule is CNC(=O)CCN(C)C(=O)c1nc(C(=O)O)cs1. The van der Waals surface area contributed by atoms with E-state index in [4.69, 9.17) is 5.11 Å². The van der Waals surface area contributed by atoms with Crippen molar-refractivity contribution in [3.63, 3.8) is 0 Å². The Bertz CT molecular complexity index is 471. The second-order valence-electron chi connectivity index (χ2n) is 3.49. The van der Waals surface area contributed by atoms with E-state index in [-0.39, 0.29) is 29.6 Å². The van der Waals surface area contributed by atoms with Crippen molar-refractivity contribution in [2.75, 3.05) is 20.6 Å². The van der Waals surface area contributed by atoms with Crippen LogP contribution in [0.25, 0.3) is 0 Å². The van der Waals surface area contributed by atoms with Gasteiger partial charge in [-0.15, -0.1) is 11.3 Å². The molecule has 0 fully saturated rings. The first-order valence-corrected chi connectivity index (χ1v) is 5.98. The topological polar surface area (TPSA) is 99.6 Å². The molecular formula is C10H13N3O4S. The third-order valence-electron chi connectivity index (χ3n) is 2.21. The summed E-state index contributed by atoms with van der Waals surface area (Å²) >= 11 is 0.971. The number of carbonyl (C=O) groups excluding carboxylic acids is 2. The summed E-state index contributed by atoms with van der Waals surface area (Å²) in [5.74, 6) is -1.73. The predicted octanol–water partition coefficient (Wildman–Crippen LogP) is 0.0494. The quantitative estimate of drug-likeness (QED) is 0.788. The van der Waals surface area contributed by atoms with Crippen LogP contribution in [0.3, 0.4) is 0 Å². The van der Waals surface area contributed by atoms with E-state index in [2.05, 4.69) is 10.3 Å². The van der Waals surface area contributed by atoms with Crippen molar-refractivity contribution in [1.82, 2.24) is 15.2 Å². The Hall–Kier alpha value is -1.96. The molecule has 2 amide bonds. The van der Waals surface area contributed by atoms with Gasteiger partial charge in [0.1, 0.15) is 0 Å². The minimum absolute atomic E-state index is 0.104. The number of hydrogen-bond donors (Lipinski definition) is 2. The minimum atomic E-state index is -1.17. The van der Waals surface area contributed by atoms with Crippen molar-refractivity contribution < 1.29 is 19.5 Å². The number of nitrogens with zero attached hydrogens (tertiary/aromatic N) is 2. The molecular weight excluding hydrogens is 258 g/mol. The van der Waals surface area contributed by atoms with Crippen LogP contribution in [0, 0.1) is 0 Å². The second kappa shape index (κ2) is 6.10. The summed E-state index contributed by atoms with van der Waals surface area (Å²) in [6.07, 6.45) is 0.190. The van der Waals surface area contributed by atoms with Crippen LogP contribution in [-0.4, -0.2) is 53.4 Å². The number of carbonyl (C=O) groups is 3. The van der Waals surface area contributed by atoms with E-state index >= 15 is 0 Å². The molecule has 1 aromatic rings. The van der Waals surface area contributed by atoms with Crippen LogP contribution >= 0.6 is 11.3 Å². The molecule has 0 saturated heterocycles. The molecule has 0 saturated carbocycles. The van der Waals surface area contributed by atoms with Crippen molar-refractivity contribution in [3.05, 3.63) is 16.1 Å². The summed E-state index contributed by atoms with van der Waals surface area (Å²) in [6.45, 7) is 0.250. The molecule has 0 atom stereocenters. The minimum Gasteiger partial charge on any atom is -0.476 e. The van der Waals surface area contributed by atoms with E-state index in [0.29, 0.717) is 0 Å². The van der Waals surface area contributed by atoms with E-state index in [0.717, 1.165) is 11.3 Å². The highest BCUT2D eigenvalue weighted by molar-refractivity contribution is 7.11. The van der Waals surface area contributed by atoms with E-state index in [9.17, 15) is 14.4 Å². The van der Waals surface area contributed by atoms with Crippen LogP contribution in [0.2, 0.25) is 0 Å². The van der Waals surface area contributed by atoms with Gasteiger partial charge >= 0.3 is 5.97 Å². The van der Waals surface area contributed by atoms with Crippen molar-refractivity contribution >= 4 is 29.1 Å². The summed E-state index contributed by atoms with van der Waals surface area (Å²) < 4.78 is 0. The highest BCUT2D eigenvalue weighted by atomic mass is 32.1. The normalized spacial score (nSPS) is 9.89. The first kappa shape index (κ1) is 14.1. The molecule has 0 aliphatic carbocycles. The highest BCUT2D eigenvalue weighted by Crippen LogP contribution is 2.12. The lowest BCUT2D eigenvalue weighted by Gasteiger charge is -2.14. The van der Waals surface area contributed by atoms with Crippen LogP contribution < -0.4 is 5.32 Å². The molecule has 0 unspecified atom stereocenters. The van der Waals surface area contributed by atoms with Crippen molar-refractivity contribution in [1.29, 1.82) is 0 Å². The molecule has 0 radical (unpaired) electrons. The predicted molar refractivity (Wildman–Crippen MR) is 64.7 cm³/mol. The lowest BCUT2D eigenvalue weighted by molar-refractivity contribution is -0.120.